The minimum absolute atomic E-state index is 0.165. The van der Waals surface area contributed by atoms with Crippen LogP contribution in [0.4, 0.5) is 14.9 Å². The lowest BCUT2D eigenvalue weighted by Crippen LogP contribution is -2.49. The fraction of sp³-hybridized carbons (Fsp3) is 0.696. The molecule has 0 spiro atoms. The van der Waals surface area contributed by atoms with Gasteiger partial charge < -0.3 is 30.4 Å². The number of carbonyl (C=O) groups excluding carboxylic acids is 1. The van der Waals surface area contributed by atoms with Crippen LogP contribution in [0.5, 0.6) is 0 Å². The molecule has 1 atom stereocenters. The average Bonchev–Trinajstić information content (AvgIpc) is 2.74. The number of likely N-dealkylation sites (tertiary alicyclic amines) is 1. The first-order valence-corrected chi connectivity index (χ1v) is 11.5. The molecule has 2 saturated heterocycles. The van der Waals surface area contributed by atoms with Gasteiger partial charge in [-0.3, -0.25) is 0 Å². The van der Waals surface area contributed by atoms with Crippen molar-refractivity contribution in [3.05, 3.63) is 29.6 Å². The number of anilines is 1. The Hall–Kier alpha value is -1.90. The van der Waals surface area contributed by atoms with Gasteiger partial charge in [-0.2, -0.15) is 0 Å². The summed E-state index contributed by atoms with van der Waals surface area (Å²) < 4.78 is 14.0. The predicted molar refractivity (Wildman–Crippen MR) is 122 cm³/mol. The number of benzene rings is 1. The summed E-state index contributed by atoms with van der Waals surface area (Å²) in [4.78, 5) is 19.4. The minimum atomic E-state index is -0.322. The number of urea groups is 1. The molecule has 3 rings (SSSR count). The van der Waals surface area contributed by atoms with Gasteiger partial charge in [0, 0.05) is 56.6 Å². The van der Waals surface area contributed by atoms with Crippen molar-refractivity contribution in [2.75, 3.05) is 58.3 Å². The summed E-state index contributed by atoms with van der Waals surface area (Å²) in [5, 5.41) is 15.9. The number of amides is 2. The molecule has 3 N–H and O–H groups in total. The maximum Gasteiger partial charge on any atom is 0.315 e. The number of aliphatic hydroxyl groups excluding tert-OH is 1. The van der Waals surface area contributed by atoms with E-state index >= 15 is 0 Å². The topological polar surface area (TPSA) is 71.1 Å². The molecule has 0 aliphatic carbocycles. The summed E-state index contributed by atoms with van der Waals surface area (Å²) >= 11 is 0. The van der Waals surface area contributed by atoms with Crippen molar-refractivity contribution >= 4 is 11.7 Å². The quantitative estimate of drug-likeness (QED) is 0.612. The highest BCUT2D eigenvalue weighted by atomic mass is 19.1. The van der Waals surface area contributed by atoms with E-state index in [2.05, 4.69) is 39.4 Å². The van der Waals surface area contributed by atoms with E-state index in [0.717, 1.165) is 63.4 Å². The Morgan fingerprint density at radius 3 is 2.52 bits per heavy atom. The molecule has 2 fully saturated rings. The molecule has 1 aromatic carbocycles. The Morgan fingerprint density at radius 2 is 1.87 bits per heavy atom. The lowest BCUT2D eigenvalue weighted by atomic mass is 10.0. The number of halogens is 1. The summed E-state index contributed by atoms with van der Waals surface area (Å²) in [5.41, 5.74) is 1.69. The van der Waals surface area contributed by atoms with Crippen LogP contribution in [-0.2, 0) is 0 Å². The molecule has 1 aromatic rings. The fourth-order valence-corrected chi connectivity index (χ4v) is 4.41. The van der Waals surface area contributed by atoms with Crippen LogP contribution in [0, 0.1) is 5.82 Å². The second-order valence-corrected chi connectivity index (χ2v) is 9.18. The Balaban J connectivity index is 1.52. The van der Waals surface area contributed by atoms with Crippen molar-refractivity contribution < 1.29 is 14.3 Å². The normalized spacial score (nSPS) is 20.1. The van der Waals surface area contributed by atoms with Crippen LogP contribution in [0.2, 0.25) is 0 Å². The molecular weight excluding hydrogens is 397 g/mol. The van der Waals surface area contributed by atoms with Crippen LogP contribution in [0.25, 0.3) is 0 Å². The lowest BCUT2D eigenvalue weighted by Gasteiger charge is -2.34. The van der Waals surface area contributed by atoms with Crippen LogP contribution >= 0.6 is 0 Å². The van der Waals surface area contributed by atoms with Crippen LogP contribution in [0.15, 0.2) is 18.2 Å². The zero-order valence-electron chi connectivity index (χ0n) is 19.1. The molecule has 1 unspecified atom stereocenters. The summed E-state index contributed by atoms with van der Waals surface area (Å²) in [6.45, 7) is 7.42. The molecule has 0 radical (unpaired) electrons. The van der Waals surface area contributed by atoms with Crippen molar-refractivity contribution in [2.45, 2.75) is 50.8 Å². The van der Waals surface area contributed by atoms with Crippen LogP contribution in [0.1, 0.15) is 44.2 Å². The number of aliphatic hydroxyl groups is 1. The standard InChI is InChI=1S/C23H38FN5O2/c1-17(21-16-18(24)4-5-22(21)29-12-8-20(30)9-13-29)25-23(31)26-19-6-10-28(11-7-19)15-14-27(2)3/h4-5,16-17,19-20,30H,6-15H2,1-3H3,(H2,25,26,31). The smallest absolute Gasteiger partial charge is 0.315 e. The number of hydrogen-bond acceptors (Lipinski definition) is 5. The molecular formula is C23H38FN5O2. The highest BCUT2D eigenvalue weighted by Gasteiger charge is 2.24. The van der Waals surface area contributed by atoms with Crippen molar-refractivity contribution in [2.24, 2.45) is 0 Å². The first-order chi connectivity index (χ1) is 14.8. The Labute approximate surface area is 185 Å². The molecule has 2 heterocycles. The van der Waals surface area contributed by atoms with Crippen LogP contribution in [-0.4, -0.2) is 86.4 Å². The molecule has 0 saturated carbocycles. The van der Waals surface area contributed by atoms with E-state index in [1.54, 1.807) is 6.07 Å². The second kappa shape index (κ2) is 11.1. The summed E-state index contributed by atoms with van der Waals surface area (Å²) in [6.07, 6.45) is 3.02. The molecule has 0 bridgehead atoms. The molecule has 2 amide bonds. The number of hydrogen-bond donors (Lipinski definition) is 3. The summed E-state index contributed by atoms with van der Waals surface area (Å²) in [7, 11) is 4.16. The number of nitrogens with one attached hydrogen (secondary N) is 2. The first kappa shape index (κ1) is 23.8. The number of rotatable bonds is 7. The third-order valence-electron chi connectivity index (χ3n) is 6.40. The Morgan fingerprint density at radius 1 is 1.19 bits per heavy atom. The van der Waals surface area contributed by atoms with Gasteiger partial charge in [0.2, 0.25) is 0 Å². The van der Waals surface area contributed by atoms with E-state index in [1.807, 2.05) is 6.92 Å². The molecule has 2 aliphatic rings. The third kappa shape index (κ3) is 7.05. The molecule has 7 nitrogen and oxygen atoms in total. The second-order valence-electron chi connectivity index (χ2n) is 9.18. The van der Waals surface area contributed by atoms with E-state index in [9.17, 15) is 14.3 Å². The van der Waals surface area contributed by atoms with E-state index in [4.69, 9.17) is 0 Å². The first-order valence-electron chi connectivity index (χ1n) is 11.5. The van der Waals surface area contributed by atoms with E-state index in [1.165, 1.54) is 12.1 Å². The zero-order valence-corrected chi connectivity index (χ0v) is 19.1. The largest absolute Gasteiger partial charge is 0.393 e. The SMILES string of the molecule is CC(NC(=O)NC1CCN(CCN(C)C)CC1)c1cc(F)ccc1N1CCC(O)CC1. The van der Waals surface area contributed by atoms with E-state index in [-0.39, 0.29) is 30.0 Å². The van der Waals surface area contributed by atoms with Crippen molar-refractivity contribution in [1.29, 1.82) is 0 Å². The minimum Gasteiger partial charge on any atom is -0.393 e. The summed E-state index contributed by atoms with van der Waals surface area (Å²) in [5.74, 6) is -0.310. The number of nitrogens with zero attached hydrogens (tertiary/aromatic N) is 3. The molecule has 174 valence electrons. The predicted octanol–water partition coefficient (Wildman–Crippen LogP) is 2.17. The highest BCUT2D eigenvalue weighted by molar-refractivity contribution is 5.75. The van der Waals surface area contributed by atoms with Gasteiger partial charge in [0.05, 0.1) is 12.1 Å². The van der Waals surface area contributed by atoms with Gasteiger partial charge in [-0.1, -0.05) is 0 Å². The van der Waals surface area contributed by atoms with Gasteiger partial charge in [0.15, 0.2) is 0 Å². The fourth-order valence-electron chi connectivity index (χ4n) is 4.41. The molecule has 2 aliphatic heterocycles. The van der Waals surface area contributed by atoms with Gasteiger partial charge in [-0.05, 0) is 64.9 Å². The zero-order chi connectivity index (χ0) is 22.4. The number of likely N-dealkylation sites (N-methyl/N-ethyl adjacent to an activating group) is 1. The Bertz CT molecular complexity index is 716. The van der Waals surface area contributed by atoms with Crippen LogP contribution in [0.3, 0.4) is 0 Å². The highest BCUT2D eigenvalue weighted by Crippen LogP contribution is 2.29. The van der Waals surface area contributed by atoms with Gasteiger partial charge >= 0.3 is 6.03 Å². The number of carbonyl (C=O) groups is 1. The summed E-state index contributed by atoms with van der Waals surface area (Å²) in [6, 6.07) is 4.39. The number of piperidine rings is 2. The van der Waals surface area contributed by atoms with Gasteiger partial charge in [0.1, 0.15) is 5.82 Å². The van der Waals surface area contributed by atoms with E-state index in [0.29, 0.717) is 12.8 Å². The molecule has 31 heavy (non-hydrogen) atoms. The van der Waals surface area contributed by atoms with E-state index < -0.39 is 0 Å². The van der Waals surface area contributed by atoms with Gasteiger partial charge in [0.25, 0.3) is 0 Å². The monoisotopic (exact) mass is 435 g/mol. The van der Waals surface area contributed by atoms with Crippen molar-refractivity contribution in [3.63, 3.8) is 0 Å². The maximum absolute atomic E-state index is 14.0. The third-order valence-corrected chi connectivity index (χ3v) is 6.40. The van der Waals surface area contributed by atoms with Crippen LogP contribution < -0.4 is 15.5 Å². The van der Waals surface area contributed by atoms with Crippen molar-refractivity contribution in [1.82, 2.24) is 20.4 Å². The Kier molecular flexibility index (Phi) is 8.51. The lowest BCUT2D eigenvalue weighted by molar-refractivity contribution is 0.145. The molecule has 0 aromatic heterocycles. The van der Waals surface area contributed by atoms with Gasteiger partial charge in [-0.15, -0.1) is 0 Å². The van der Waals surface area contributed by atoms with Gasteiger partial charge in [-0.25, -0.2) is 9.18 Å². The van der Waals surface area contributed by atoms with Crippen molar-refractivity contribution in [3.8, 4) is 0 Å². The maximum atomic E-state index is 14.0. The average molecular weight is 436 g/mol. The molecule has 8 heteroatoms.